The Bertz CT molecular complexity index is 1020. The van der Waals surface area contributed by atoms with Gasteiger partial charge in [0.15, 0.2) is 6.10 Å². The molecule has 1 saturated heterocycles. The molecule has 3 aliphatic rings. The van der Waals surface area contributed by atoms with Crippen molar-refractivity contribution in [3.8, 4) is 5.75 Å². The Labute approximate surface area is 192 Å². The topological polar surface area (TPSA) is 92.5 Å². The van der Waals surface area contributed by atoms with E-state index in [9.17, 15) is 18.0 Å². The number of hydrazine groups is 1. The van der Waals surface area contributed by atoms with Crippen LogP contribution in [0, 0.1) is 5.92 Å². The molecule has 0 radical (unpaired) electrons. The van der Waals surface area contributed by atoms with E-state index in [-0.39, 0.29) is 30.6 Å². The summed E-state index contributed by atoms with van der Waals surface area (Å²) in [4.78, 5) is 12.6. The van der Waals surface area contributed by atoms with Gasteiger partial charge in [-0.25, -0.2) is 5.01 Å². The second-order valence-electron chi connectivity index (χ2n) is 8.75. The maximum atomic E-state index is 12.7. The first-order chi connectivity index (χ1) is 15.8. The molecule has 1 aliphatic carbocycles. The second-order valence-corrected chi connectivity index (χ2v) is 9.19. The minimum absolute atomic E-state index is 0.00518. The van der Waals surface area contributed by atoms with E-state index in [1.54, 1.807) is 18.2 Å². The van der Waals surface area contributed by atoms with Crippen LogP contribution in [0.5, 0.6) is 5.75 Å². The third-order valence-corrected chi connectivity index (χ3v) is 6.74. The highest BCUT2D eigenvalue weighted by atomic mass is 35.5. The SMILES string of the molecule is O=C(NN1CCC(c2nnc(C3CC(C(F)(F)F)C3)o2)CC1)C1CNc2cc(Cl)ccc2O1. The van der Waals surface area contributed by atoms with Crippen molar-refractivity contribution in [2.45, 2.75) is 49.8 Å². The Morgan fingerprint density at radius 2 is 1.85 bits per heavy atom. The van der Waals surface area contributed by atoms with Crippen molar-refractivity contribution in [1.29, 1.82) is 0 Å². The first kappa shape index (κ1) is 22.3. The van der Waals surface area contributed by atoms with Gasteiger partial charge in [0.2, 0.25) is 11.8 Å². The van der Waals surface area contributed by atoms with E-state index in [1.165, 1.54) is 0 Å². The summed E-state index contributed by atoms with van der Waals surface area (Å²) < 4.78 is 49.6. The number of alkyl halides is 3. The number of carbonyl (C=O) groups is 1. The molecule has 0 bridgehead atoms. The Morgan fingerprint density at radius 3 is 2.55 bits per heavy atom. The summed E-state index contributed by atoms with van der Waals surface area (Å²) in [5.74, 6) is -0.495. The van der Waals surface area contributed by atoms with Gasteiger partial charge in [-0.2, -0.15) is 13.2 Å². The Balaban J connectivity index is 1.09. The molecule has 1 saturated carbocycles. The lowest BCUT2D eigenvalue weighted by Crippen LogP contribution is -2.53. The molecule has 1 amide bonds. The minimum atomic E-state index is -4.16. The van der Waals surface area contributed by atoms with E-state index in [0.717, 1.165) is 5.69 Å². The molecule has 8 nitrogen and oxygen atoms in total. The quantitative estimate of drug-likeness (QED) is 0.679. The lowest BCUT2D eigenvalue weighted by atomic mass is 9.74. The molecule has 1 aromatic carbocycles. The van der Waals surface area contributed by atoms with Crippen molar-refractivity contribution in [1.82, 2.24) is 20.6 Å². The monoisotopic (exact) mass is 485 g/mol. The zero-order valence-corrected chi connectivity index (χ0v) is 18.3. The molecule has 1 aromatic heterocycles. The zero-order valence-electron chi connectivity index (χ0n) is 17.6. The fraction of sp³-hybridized carbons (Fsp3) is 0.571. The number of rotatable bonds is 4. The van der Waals surface area contributed by atoms with Crippen LogP contribution in [0.2, 0.25) is 5.02 Å². The number of hydrogen-bond acceptors (Lipinski definition) is 7. The lowest BCUT2D eigenvalue weighted by Gasteiger charge is -2.34. The van der Waals surface area contributed by atoms with Crippen LogP contribution < -0.4 is 15.5 Å². The molecule has 12 heteroatoms. The van der Waals surface area contributed by atoms with Crippen molar-refractivity contribution in [2.24, 2.45) is 5.92 Å². The number of nitrogens with one attached hydrogen (secondary N) is 2. The number of hydrogen-bond donors (Lipinski definition) is 2. The number of fused-ring (bicyclic) bond motifs is 1. The molecule has 3 heterocycles. The van der Waals surface area contributed by atoms with Gasteiger partial charge in [0.05, 0.1) is 18.2 Å². The summed E-state index contributed by atoms with van der Waals surface area (Å²) in [6.45, 7) is 1.50. The standard InChI is InChI=1S/C21H23ClF3N5O3/c22-14-1-2-16-15(9-14)26-10-17(32-16)18(31)29-30-5-3-11(4-6-30)19-27-28-20(33-19)12-7-13(8-12)21(23,24)25/h1-2,9,11-13,17,26H,3-8,10H2,(H,29,31). The van der Waals surface area contributed by atoms with Gasteiger partial charge in [-0.1, -0.05) is 11.6 Å². The molecule has 1 unspecified atom stereocenters. The Hall–Kier alpha value is -2.53. The average Bonchev–Trinajstić information content (AvgIpc) is 3.21. The van der Waals surface area contributed by atoms with E-state index in [4.69, 9.17) is 20.8 Å². The van der Waals surface area contributed by atoms with Crippen LogP contribution in [0.1, 0.15) is 49.3 Å². The molecule has 178 valence electrons. The Morgan fingerprint density at radius 1 is 1.15 bits per heavy atom. The molecule has 1 atom stereocenters. The van der Waals surface area contributed by atoms with E-state index in [0.29, 0.717) is 55.0 Å². The minimum Gasteiger partial charge on any atom is -0.476 e. The van der Waals surface area contributed by atoms with Crippen LogP contribution in [0.3, 0.4) is 0 Å². The normalized spacial score (nSPS) is 26.0. The van der Waals surface area contributed by atoms with Gasteiger partial charge in [-0.15, -0.1) is 10.2 Å². The first-order valence-corrected chi connectivity index (χ1v) is 11.3. The second kappa shape index (κ2) is 8.68. The van der Waals surface area contributed by atoms with Crippen LogP contribution in [-0.2, 0) is 4.79 Å². The van der Waals surface area contributed by atoms with Gasteiger partial charge >= 0.3 is 6.18 Å². The van der Waals surface area contributed by atoms with Gasteiger partial charge in [-0.05, 0) is 43.9 Å². The van der Waals surface area contributed by atoms with E-state index < -0.39 is 18.2 Å². The average molecular weight is 486 g/mol. The molecule has 2 fully saturated rings. The van der Waals surface area contributed by atoms with Crippen molar-refractivity contribution in [2.75, 3.05) is 25.0 Å². The smallest absolute Gasteiger partial charge is 0.391 e. The number of carbonyl (C=O) groups excluding carboxylic acids is 1. The van der Waals surface area contributed by atoms with Crippen LogP contribution in [0.15, 0.2) is 22.6 Å². The zero-order chi connectivity index (χ0) is 23.2. The van der Waals surface area contributed by atoms with Gasteiger partial charge in [-0.3, -0.25) is 10.2 Å². The van der Waals surface area contributed by atoms with Crippen molar-refractivity contribution in [3.05, 3.63) is 35.0 Å². The lowest BCUT2D eigenvalue weighted by molar-refractivity contribution is -0.198. The highest BCUT2D eigenvalue weighted by Gasteiger charge is 2.49. The number of anilines is 1. The number of benzene rings is 1. The maximum Gasteiger partial charge on any atom is 0.391 e. The number of aromatic nitrogens is 2. The maximum absolute atomic E-state index is 12.7. The van der Waals surface area contributed by atoms with Gasteiger partial charge in [0, 0.05) is 29.9 Å². The summed E-state index contributed by atoms with van der Waals surface area (Å²) in [6, 6.07) is 5.18. The third-order valence-electron chi connectivity index (χ3n) is 6.50. The number of nitrogens with zero attached hydrogens (tertiary/aromatic N) is 3. The van der Waals surface area contributed by atoms with Gasteiger partial charge in [0.1, 0.15) is 5.75 Å². The summed E-state index contributed by atoms with van der Waals surface area (Å²) >= 11 is 5.97. The summed E-state index contributed by atoms with van der Waals surface area (Å²) in [7, 11) is 0. The number of piperidine rings is 1. The summed E-state index contributed by atoms with van der Waals surface area (Å²) in [5, 5.41) is 13.6. The van der Waals surface area contributed by atoms with Crippen molar-refractivity contribution in [3.63, 3.8) is 0 Å². The molecular formula is C21H23ClF3N5O3. The van der Waals surface area contributed by atoms with Crippen molar-refractivity contribution < 1.29 is 27.1 Å². The number of halogens is 4. The highest BCUT2D eigenvalue weighted by molar-refractivity contribution is 6.30. The summed E-state index contributed by atoms with van der Waals surface area (Å²) in [6.07, 6.45) is -3.45. The fourth-order valence-electron chi connectivity index (χ4n) is 4.42. The van der Waals surface area contributed by atoms with Gasteiger partial charge in [0.25, 0.3) is 5.91 Å². The van der Waals surface area contributed by atoms with E-state index in [2.05, 4.69) is 20.9 Å². The molecule has 0 spiro atoms. The summed E-state index contributed by atoms with van der Waals surface area (Å²) in [5.41, 5.74) is 3.65. The molecule has 2 N–H and O–H groups in total. The molecular weight excluding hydrogens is 463 g/mol. The van der Waals surface area contributed by atoms with Crippen LogP contribution in [0.4, 0.5) is 18.9 Å². The first-order valence-electron chi connectivity index (χ1n) is 10.9. The molecule has 2 aromatic rings. The number of ether oxygens (including phenoxy) is 1. The van der Waals surface area contributed by atoms with Gasteiger partial charge < -0.3 is 14.5 Å². The Kier molecular flexibility index (Phi) is 5.86. The van der Waals surface area contributed by atoms with Crippen LogP contribution in [-0.4, -0.2) is 53.0 Å². The predicted octanol–water partition coefficient (Wildman–Crippen LogP) is 3.86. The largest absolute Gasteiger partial charge is 0.476 e. The van der Waals surface area contributed by atoms with Crippen molar-refractivity contribution >= 4 is 23.2 Å². The van der Waals surface area contributed by atoms with Crippen LogP contribution in [0.25, 0.3) is 0 Å². The molecule has 33 heavy (non-hydrogen) atoms. The predicted molar refractivity (Wildman–Crippen MR) is 112 cm³/mol. The van der Waals surface area contributed by atoms with E-state index in [1.807, 2.05) is 5.01 Å². The molecule has 5 rings (SSSR count). The molecule has 2 aliphatic heterocycles. The third kappa shape index (κ3) is 4.74. The fourth-order valence-corrected chi connectivity index (χ4v) is 4.59. The van der Waals surface area contributed by atoms with Crippen LogP contribution >= 0.6 is 11.6 Å². The van der Waals surface area contributed by atoms with E-state index >= 15 is 0 Å². The number of amides is 1. The highest BCUT2D eigenvalue weighted by Crippen LogP contribution is 2.49.